The molecule has 0 aliphatic carbocycles. The molecular weight excluding hydrogens is 767 g/mol. The zero-order valence-corrected chi connectivity index (χ0v) is 33.4. The third-order valence-corrected chi connectivity index (χ3v) is 10.2. The Morgan fingerprint density at radius 2 is 1.64 bits per heavy atom. The summed E-state index contributed by atoms with van der Waals surface area (Å²) in [6.45, 7) is 8.81. The number of hydrogen-bond acceptors (Lipinski definition) is 11. The largest absolute Gasteiger partial charge is 0.481 e. The smallest absolute Gasteiger partial charge is 0.373 e. The minimum atomic E-state index is -4.26. The summed E-state index contributed by atoms with van der Waals surface area (Å²) in [5, 5.41) is 13.5. The van der Waals surface area contributed by atoms with E-state index in [0.29, 0.717) is 16.5 Å². The first-order valence-electron chi connectivity index (χ1n) is 17.4. The highest BCUT2D eigenvalue weighted by molar-refractivity contribution is 7.53. The molecule has 2 amide bonds. The molecule has 3 atom stereocenters. The van der Waals surface area contributed by atoms with Crippen LogP contribution in [0.1, 0.15) is 72.1 Å². The molecule has 14 nitrogen and oxygen atoms in total. The van der Waals surface area contributed by atoms with Crippen LogP contribution >= 0.6 is 19.2 Å². The van der Waals surface area contributed by atoms with E-state index in [1.165, 1.54) is 41.8 Å². The highest BCUT2D eigenvalue weighted by atomic mass is 35.5. The molecule has 1 aliphatic heterocycles. The first kappa shape index (κ1) is 43.6. The van der Waals surface area contributed by atoms with Gasteiger partial charge in [-0.25, -0.2) is 8.78 Å². The van der Waals surface area contributed by atoms with E-state index in [4.69, 9.17) is 34.9 Å². The van der Waals surface area contributed by atoms with Gasteiger partial charge in [-0.1, -0.05) is 23.7 Å². The van der Waals surface area contributed by atoms with E-state index in [9.17, 15) is 37.6 Å². The number of ether oxygens (including phenoxy) is 3. The minimum Gasteiger partial charge on any atom is -0.481 e. The quantitative estimate of drug-likeness (QED) is 0.0989. The monoisotopic (exact) mass is 813 g/mol. The standard InChI is InChI=1S/C37H47ClF2N3O11P/c1-22(44)27-17-42(18-31(45)43-16-24(39)13-30(43)33(46)41-15-23-9-8-10-28(38)32(23)40)29-14-25(11-12-26(27)29)52-21-55(49,53-19-50-34(47)36(2,3)4)54-20-51-35(48)37(5,6)7/h8-12,14,17,22,24,30,44H,13,15-16,18-21H2,1-7H3,(H,41,46)/t22?,24-,30+/m1/s1. The summed E-state index contributed by atoms with van der Waals surface area (Å²) in [7, 11) is -4.26. The van der Waals surface area contributed by atoms with Crippen molar-refractivity contribution in [3.05, 3.63) is 64.6 Å². The molecule has 0 bridgehead atoms. The zero-order valence-electron chi connectivity index (χ0n) is 31.7. The fourth-order valence-corrected chi connectivity index (χ4v) is 6.55. The highest BCUT2D eigenvalue weighted by Crippen LogP contribution is 2.48. The van der Waals surface area contributed by atoms with Gasteiger partial charge in [0.1, 0.15) is 30.3 Å². The Morgan fingerprint density at radius 1 is 1.02 bits per heavy atom. The van der Waals surface area contributed by atoms with Gasteiger partial charge in [-0.05, 0) is 66.7 Å². The molecule has 4 rings (SSSR count). The second-order valence-electron chi connectivity index (χ2n) is 15.1. The van der Waals surface area contributed by atoms with Gasteiger partial charge < -0.3 is 34.1 Å². The second-order valence-corrected chi connectivity index (χ2v) is 17.5. The number of aliphatic hydroxyl groups excluding tert-OH is 1. The lowest BCUT2D eigenvalue weighted by Gasteiger charge is -2.24. The fourth-order valence-electron chi connectivity index (χ4n) is 5.40. The number of aliphatic hydroxyl groups is 1. The van der Waals surface area contributed by atoms with Crippen LogP contribution < -0.4 is 10.1 Å². The number of halogens is 3. The first-order valence-corrected chi connectivity index (χ1v) is 19.5. The molecule has 1 aromatic heterocycles. The molecule has 0 radical (unpaired) electrons. The van der Waals surface area contributed by atoms with Gasteiger partial charge in [-0.3, -0.25) is 32.8 Å². The summed E-state index contributed by atoms with van der Waals surface area (Å²) >= 11 is 5.84. The highest BCUT2D eigenvalue weighted by Gasteiger charge is 2.40. The Kier molecular flexibility index (Phi) is 14.1. The Labute approximate surface area is 322 Å². The van der Waals surface area contributed by atoms with Crippen LogP contribution in [0, 0.1) is 16.6 Å². The van der Waals surface area contributed by atoms with E-state index in [-0.39, 0.29) is 42.4 Å². The molecule has 1 aliphatic rings. The number of hydrogen-bond donors (Lipinski definition) is 2. The summed E-state index contributed by atoms with van der Waals surface area (Å²) in [6, 6.07) is 7.79. The van der Waals surface area contributed by atoms with Crippen LogP contribution in [0.4, 0.5) is 8.78 Å². The molecule has 1 unspecified atom stereocenters. The van der Waals surface area contributed by atoms with Gasteiger partial charge in [0.25, 0.3) is 0 Å². The maximum Gasteiger partial charge on any atom is 0.373 e. The molecular formula is C37H47ClF2N3O11P. The number of alkyl halides is 1. The Bertz CT molecular complexity index is 1910. The number of carbonyl (C=O) groups is 4. The lowest BCUT2D eigenvalue weighted by molar-refractivity contribution is -0.162. The Morgan fingerprint density at radius 3 is 2.22 bits per heavy atom. The van der Waals surface area contributed by atoms with Crippen molar-refractivity contribution in [2.45, 2.75) is 86.3 Å². The number of carbonyl (C=O) groups excluding carboxylic acids is 4. The van der Waals surface area contributed by atoms with Gasteiger partial charge in [0.15, 0.2) is 6.35 Å². The number of likely N-dealkylation sites (tertiary alicyclic amines) is 1. The maximum absolute atomic E-state index is 14.7. The Hall–Kier alpha value is -4.08. The molecule has 3 aromatic rings. The molecule has 0 spiro atoms. The van der Waals surface area contributed by atoms with E-state index < -0.39 is 86.2 Å². The van der Waals surface area contributed by atoms with E-state index in [2.05, 4.69) is 5.32 Å². The SMILES string of the molecule is CC(O)c1cn(CC(=O)N2C[C@H](F)C[C@H]2C(=O)NCc2cccc(Cl)c2F)c2cc(OCP(=O)(OCOC(=O)C(C)(C)C)OCOC(=O)C(C)(C)C)ccc12. The van der Waals surface area contributed by atoms with E-state index in [1.54, 1.807) is 53.8 Å². The van der Waals surface area contributed by atoms with E-state index >= 15 is 0 Å². The molecule has 302 valence electrons. The predicted octanol–water partition coefficient (Wildman–Crippen LogP) is 6.40. The summed E-state index contributed by atoms with van der Waals surface area (Å²) < 4.78 is 70.9. The van der Waals surface area contributed by atoms with Crippen LogP contribution in [0.15, 0.2) is 42.6 Å². The molecule has 55 heavy (non-hydrogen) atoms. The van der Waals surface area contributed by atoms with Crippen LogP contribution in [-0.4, -0.2) is 77.0 Å². The van der Waals surface area contributed by atoms with Crippen molar-refractivity contribution < 1.29 is 60.9 Å². The van der Waals surface area contributed by atoms with Crippen molar-refractivity contribution in [2.24, 2.45) is 10.8 Å². The summed E-state index contributed by atoms with van der Waals surface area (Å²) in [5.74, 6) is -3.11. The van der Waals surface area contributed by atoms with Crippen LogP contribution in [0.2, 0.25) is 5.02 Å². The lowest BCUT2D eigenvalue weighted by Crippen LogP contribution is -2.46. The van der Waals surface area contributed by atoms with Gasteiger partial charge in [0.05, 0.1) is 34.0 Å². The second kappa shape index (κ2) is 17.8. The number of nitrogens with one attached hydrogen (secondary N) is 1. The van der Waals surface area contributed by atoms with Gasteiger partial charge in [0.2, 0.25) is 25.4 Å². The van der Waals surface area contributed by atoms with Crippen molar-refractivity contribution >= 4 is 53.9 Å². The minimum absolute atomic E-state index is 0.120. The molecule has 1 saturated heterocycles. The first-order chi connectivity index (χ1) is 25.6. The van der Waals surface area contributed by atoms with Gasteiger partial charge in [0, 0.05) is 41.7 Å². The van der Waals surface area contributed by atoms with Crippen LogP contribution in [0.3, 0.4) is 0 Å². The number of aromatic nitrogens is 1. The molecule has 1 fully saturated rings. The van der Waals surface area contributed by atoms with E-state index in [1.807, 2.05) is 0 Å². The lowest BCUT2D eigenvalue weighted by atomic mass is 9.98. The van der Waals surface area contributed by atoms with Crippen molar-refractivity contribution in [1.82, 2.24) is 14.8 Å². The molecule has 2 heterocycles. The number of esters is 2. The fraction of sp³-hybridized carbons (Fsp3) is 0.514. The van der Waals surface area contributed by atoms with Gasteiger partial charge >= 0.3 is 19.5 Å². The van der Waals surface area contributed by atoms with Crippen LogP contribution in [0.5, 0.6) is 5.75 Å². The van der Waals surface area contributed by atoms with Crippen molar-refractivity contribution in [1.29, 1.82) is 0 Å². The average molecular weight is 814 g/mol. The van der Waals surface area contributed by atoms with Crippen molar-refractivity contribution in [3.8, 4) is 5.75 Å². The number of benzene rings is 2. The van der Waals surface area contributed by atoms with Crippen LogP contribution in [-0.2, 0) is 55.4 Å². The van der Waals surface area contributed by atoms with Crippen LogP contribution in [0.25, 0.3) is 10.9 Å². The molecule has 18 heteroatoms. The number of nitrogens with zero attached hydrogens (tertiary/aromatic N) is 2. The topological polar surface area (TPSA) is 172 Å². The maximum atomic E-state index is 14.7. The number of fused-ring (bicyclic) bond motifs is 1. The molecule has 2 N–H and O–H groups in total. The van der Waals surface area contributed by atoms with Crippen molar-refractivity contribution in [2.75, 3.05) is 26.5 Å². The Balaban J connectivity index is 1.52. The predicted molar refractivity (Wildman–Crippen MR) is 197 cm³/mol. The number of amides is 2. The van der Waals surface area contributed by atoms with Gasteiger partial charge in [-0.2, -0.15) is 0 Å². The normalized spacial score (nSPS) is 16.9. The average Bonchev–Trinajstić information content (AvgIpc) is 3.67. The summed E-state index contributed by atoms with van der Waals surface area (Å²) in [5.41, 5.74) is -0.783. The third kappa shape index (κ3) is 11.5. The summed E-state index contributed by atoms with van der Waals surface area (Å²) in [4.78, 5) is 52.4. The third-order valence-electron chi connectivity index (χ3n) is 8.49. The molecule has 2 aromatic carbocycles. The molecule has 0 saturated carbocycles. The van der Waals surface area contributed by atoms with E-state index in [0.717, 1.165) is 4.90 Å². The number of rotatable bonds is 15. The summed E-state index contributed by atoms with van der Waals surface area (Å²) in [6.07, 6.45) is -1.88. The van der Waals surface area contributed by atoms with Gasteiger partial charge in [-0.15, -0.1) is 0 Å². The zero-order chi connectivity index (χ0) is 40.9. The van der Waals surface area contributed by atoms with Crippen molar-refractivity contribution in [3.63, 3.8) is 0 Å².